The van der Waals surface area contributed by atoms with Gasteiger partial charge in [0.1, 0.15) is 11.4 Å². The first-order chi connectivity index (χ1) is 11.0. The number of hydrogen-bond donors (Lipinski definition) is 1. The number of aromatic nitrogens is 2. The molecular formula is C16H17FN2O4. The zero-order chi connectivity index (χ0) is 17.0. The van der Waals surface area contributed by atoms with Crippen molar-refractivity contribution in [2.24, 2.45) is 0 Å². The lowest BCUT2D eigenvalue weighted by atomic mass is 10.2. The molecule has 1 aromatic heterocycles. The lowest BCUT2D eigenvalue weighted by molar-refractivity contribution is 0.0693. The molecule has 0 aliphatic carbocycles. The van der Waals surface area contributed by atoms with Crippen molar-refractivity contribution in [2.45, 2.75) is 32.7 Å². The molecule has 23 heavy (non-hydrogen) atoms. The number of aromatic carboxylic acids is 1. The van der Waals surface area contributed by atoms with E-state index < -0.39 is 28.6 Å². The number of halogens is 1. The van der Waals surface area contributed by atoms with Crippen molar-refractivity contribution in [3.63, 3.8) is 0 Å². The Bertz CT molecular complexity index is 821. The SMILES string of the molecule is CCCCCn1cc(C(=O)O)c(=O)n(-c2ccc(F)cc2)c1=O. The lowest BCUT2D eigenvalue weighted by Gasteiger charge is -2.11. The molecule has 0 radical (unpaired) electrons. The number of benzene rings is 1. The molecule has 1 aromatic carbocycles. The predicted octanol–water partition coefficient (Wildman–Crippen LogP) is 2.03. The summed E-state index contributed by atoms with van der Waals surface area (Å²) < 4.78 is 15.0. The smallest absolute Gasteiger partial charge is 0.342 e. The van der Waals surface area contributed by atoms with E-state index >= 15 is 0 Å². The Morgan fingerprint density at radius 2 is 1.83 bits per heavy atom. The highest BCUT2D eigenvalue weighted by Crippen LogP contribution is 2.06. The normalized spacial score (nSPS) is 10.7. The standard InChI is InChI=1S/C16H17FN2O4/c1-2-3-4-9-18-10-13(15(21)22)14(20)19(16(18)23)12-7-5-11(17)6-8-12/h5-8,10H,2-4,9H2,1H3,(H,21,22). The van der Waals surface area contributed by atoms with Crippen LogP contribution in [-0.4, -0.2) is 20.2 Å². The molecule has 0 saturated heterocycles. The molecule has 1 heterocycles. The van der Waals surface area contributed by atoms with Crippen LogP contribution in [0, 0.1) is 5.82 Å². The minimum Gasteiger partial charge on any atom is -0.477 e. The van der Waals surface area contributed by atoms with Gasteiger partial charge in [-0.2, -0.15) is 0 Å². The highest BCUT2D eigenvalue weighted by Gasteiger charge is 2.17. The van der Waals surface area contributed by atoms with Crippen molar-refractivity contribution in [2.75, 3.05) is 0 Å². The summed E-state index contributed by atoms with van der Waals surface area (Å²) in [5.74, 6) is -1.92. The van der Waals surface area contributed by atoms with E-state index in [4.69, 9.17) is 0 Å². The summed E-state index contributed by atoms with van der Waals surface area (Å²) in [7, 11) is 0. The van der Waals surface area contributed by atoms with Gasteiger partial charge in [0, 0.05) is 12.7 Å². The fourth-order valence-electron chi connectivity index (χ4n) is 2.26. The van der Waals surface area contributed by atoms with E-state index in [9.17, 15) is 23.9 Å². The predicted molar refractivity (Wildman–Crippen MR) is 82.7 cm³/mol. The minimum atomic E-state index is -1.41. The Labute approximate surface area is 131 Å². The van der Waals surface area contributed by atoms with Crippen LogP contribution in [0.4, 0.5) is 4.39 Å². The summed E-state index contributed by atoms with van der Waals surface area (Å²) in [4.78, 5) is 36.0. The summed E-state index contributed by atoms with van der Waals surface area (Å²) >= 11 is 0. The molecule has 0 bridgehead atoms. The summed E-state index contributed by atoms with van der Waals surface area (Å²) in [6.07, 6.45) is 3.59. The maximum atomic E-state index is 13.0. The largest absolute Gasteiger partial charge is 0.477 e. The molecule has 2 aromatic rings. The lowest BCUT2D eigenvalue weighted by Crippen LogP contribution is -2.41. The minimum absolute atomic E-state index is 0.133. The zero-order valence-corrected chi connectivity index (χ0v) is 12.7. The number of rotatable bonds is 6. The van der Waals surface area contributed by atoms with Crippen LogP contribution in [-0.2, 0) is 6.54 Å². The highest BCUT2D eigenvalue weighted by molar-refractivity contribution is 5.86. The third kappa shape index (κ3) is 3.56. The summed E-state index contributed by atoms with van der Waals surface area (Å²) in [5.41, 5.74) is -1.93. The molecule has 7 heteroatoms. The van der Waals surface area contributed by atoms with Crippen LogP contribution < -0.4 is 11.2 Å². The number of carbonyl (C=O) groups is 1. The van der Waals surface area contributed by atoms with Crippen molar-refractivity contribution >= 4 is 5.97 Å². The second-order valence-corrected chi connectivity index (χ2v) is 5.15. The maximum absolute atomic E-state index is 13.0. The van der Waals surface area contributed by atoms with Gasteiger partial charge in [-0.3, -0.25) is 9.36 Å². The molecule has 0 saturated carbocycles. The van der Waals surface area contributed by atoms with Crippen LogP contribution in [0.3, 0.4) is 0 Å². The molecule has 0 atom stereocenters. The van der Waals surface area contributed by atoms with Gasteiger partial charge in [0.2, 0.25) is 0 Å². The fourth-order valence-corrected chi connectivity index (χ4v) is 2.26. The van der Waals surface area contributed by atoms with Gasteiger partial charge in [0.25, 0.3) is 5.56 Å². The van der Waals surface area contributed by atoms with Gasteiger partial charge < -0.3 is 5.11 Å². The first-order valence-electron chi connectivity index (χ1n) is 7.31. The Kier molecular flexibility index (Phi) is 5.10. The molecule has 0 fully saturated rings. The van der Waals surface area contributed by atoms with Gasteiger partial charge in [-0.05, 0) is 30.7 Å². The van der Waals surface area contributed by atoms with Gasteiger partial charge in [0.15, 0.2) is 0 Å². The molecule has 0 aliphatic heterocycles. The Hall–Kier alpha value is -2.70. The van der Waals surface area contributed by atoms with Crippen molar-refractivity contribution in [1.29, 1.82) is 0 Å². The third-order valence-electron chi connectivity index (χ3n) is 3.47. The number of unbranched alkanes of at least 4 members (excludes halogenated alkanes) is 2. The van der Waals surface area contributed by atoms with Crippen LogP contribution in [0.2, 0.25) is 0 Å². The summed E-state index contributed by atoms with van der Waals surface area (Å²) in [5, 5.41) is 9.18. The molecule has 122 valence electrons. The van der Waals surface area contributed by atoms with Crippen molar-refractivity contribution < 1.29 is 14.3 Å². The van der Waals surface area contributed by atoms with E-state index in [0.717, 1.165) is 35.7 Å². The Balaban J connectivity index is 2.63. The number of nitrogens with zero attached hydrogens (tertiary/aromatic N) is 2. The van der Waals surface area contributed by atoms with Gasteiger partial charge >= 0.3 is 11.7 Å². The number of carboxylic acid groups (broad SMARTS) is 1. The van der Waals surface area contributed by atoms with Crippen molar-refractivity contribution in [3.8, 4) is 5.69 Å². The highest BCUT2D eigenvalue weighted by atomic mass is 19.1. The van der Waals surface area contributed by atoms with Gasteiger partial charge in [-0.25, -0.2) is 18.5 Å². The topological polar surface area (TPSA) is 81.3 Å². The molecular weight excluding hydrogens is 303 g/mol. The second-order valence-electron chi connectivity index (χ2n) is 5.15. The molecule has 6 nitrogen and oxygen atoms in total. The van der Waals surface area contributed by atoms with Crippen LogP contribution in [0.25, 0.3) is 5.69 Å². The first kappa shape index (κ1) is 16.7. The monoisotopic (exact) mass is 320 g/mol. The molecule has 0 aliphatic rings. The molecule has 0 amide bonds. The van der Waals surface area contributed by atoms with E-state index in [1.54, 1.807) is 0 Å². The first-order valence-corrected chi connectivity index (χ1v) is 7.31. The second kappa shape index (κ2) is 7.04. The Morgan fingerprint density at radius 3 is 2.39 bits per heavy atom. The van der Waals surface area contributed by atoms with E-state index in [1.807, 2.05) is 6.92 Å². The van der Waals surface area contributed by atoms with Gasteiger partial charge in [-0.15, -0.1) is 0 Å². The molecule has 0 spiro atoms. The maximum Gasteiger partial charge on any atom is 0.342 e. The molecule has 0 unspecified atom stereocenters. The average Bonchev–Trinajstić information content (AvgIpc) is 2.51. The van der Waals surface area contributed by atoms with E-state index in [2.05, 4.69) is 0 Å². The fraction of sp³-hybridized carbons (Fsp3) is 0.312. The zero-order valence-electron chi connectivity index (χ0n) is 12.7. The van der Waals surface area contributed by atoms with E-state index in [-0.39, 0.29) is 5.69 Å². The van der Waals surface area contributed by atoms with Crippen LogP contribution >= 0.6 is 0 Å². The van der Waals surface area contributed by atoms with Crippen molar-refractivity contribution in [1.82, 2.24) is 9.13 Å². The third-order valence-corrected chi connectivity index (χ3v) is 3.47. The van der Waals surface area contributed by atoms with Crippen LogP contribution in [0.1, 0.15) is 36.5 Å². The molecule has 2 rings (SSSR count). The quantitative estimate of drug-likeness (QED) is 0.826. The van der Waals surface area contributed by atoms with E-state index in [0.29, 0.717) is 13.0 Å². The average molecular weight is 320 g/mol. The van der Waals surface area contributed by atoms with E-state index in [1.165, 1.54) is 16.7 Å². The number of aryl methyl sites for hydroxylation is 1. The molecule has 1 N–H and O–H groups in total. The van der Waals surface area contributed by atoms with Crippen LogP contribution in [0.5, 0.6) is 0 Å². The van der Waals surface area contributed by atoms with Gasteiger partial charge in [0.05, 0.1) is 5.69 Å². The number of hydrogen-bond acceptors (Lipinski definition) is 3. The summed E-state index contributed by atoms with van der Waals surface area (Å²) in [6, 6.07) is 4.74. The number of carboxylic acids is 1. The Morgan fingerprint density at radius 1 is 1.17 bits per heavy atom. The summed E-state index contributed by atoms with van der Waals surface area (Å²) in [6.45, 7) is 2.32. The van der Waals surface area contributed by atoms with Gasteiger partial charge in [-0.1, -0.05) is 19.8 Å². The van der Waals surface area contributed by atoms with Crippen LogP contribution in [0.15, 0.2) is 40.1 Å². The van der Waals surface area contributed by atoms with Crippen molar-refractivity contribution in [3.05, 3.63) is 62.7 Å².